The van der Waals surface area contributed by atoms with E-state index in [0.29, 0.717) is 28.7 Å². The van der Waals surface area contributed by atoms with Crippen molar-refractivity contribution in [1.82, 2.24) is 4.57 Å². The Hall–Kier alpha value is -2.48. The lowest BCUT2D eigenvalue weighted by molar-refractivity contribution is -0.117. The van der Waals surface area contributed by atoms with Gasteiger partial charge < -0.3 is 14.6 Å². The van der Waals surface area contributed by atoms with E-state index in [1.54, 1.807) is 19.2 Å². The first-order valence-corrected chi connectivity index (χ1v) is 9.87. The number of nitrogens with zero attached hydrogens (tertiary/aromatic N) is 2. The molecule has 1 aromatic heterocycles. The Morgan fingerprint density at radius 1 is 1.21 bits per heavy atom. The number of halogens is 1. The first kappa shape index (κ1) is 20.3. The summed E-state index contributed by atoms with van der Waals surface area (Å²) >= 11 is 7.29. The fourth-order valence-corrected chi connectivity index (χ4v) is 4.00. The number of benzene rings is 2. The van der Waals surface area contributed by atoms with Gasteiger partial charge in [0.05, 0.1) is 23.2 Å². The molecule has 0 fully saturated rings. The van der Waals surface area contributed by atoms with E-state index >= 15 is 0 Å². The number of carbonyl (C=O) groups excluding carboxylic acids is 2. The van der Waals surface area contributed by atoms with E-state index in [4.69, 9.17) is 16.3 Å². The Morgan fingerprint density at radius 2 is 1.96 bits per heavy atom. The van der Waals surface area contributed by atoms with Gasteiger partial charge in [0.2, 0.25) is 5.91 Å². The number of fused-ring (bicyclic) bond motifs is 1. The van der Waals surface area contributed by atoms with Gasteiger partial charge in [0.1, 0.15) is 0 Å². The van der Waals surface area contributed by atoms with Crippen molar-refractivity contribution in [1.29, 1.82) is 0 Å². The first-order valence-electron chi connectivity index (χ1n) is 8.68. The molecule has 2 aromatic carbocycles. The fraction of sp³-hybridized carbons (Fsp3) is 0.250. The molecular weight excluding hydrogens is 398 g/mol. The second kappa shape index (κ2) is 9.14. The van der Waals surface area contributed by atoms with Gasteiger partial charge in [-0.2, -0.15) is 4.99 Å². The van der Waals surface area contributed by atoms with Gasteiger partial charge in [-0.05, 0) is 35.9 Å². The summed E-state index contributed by atoms with van der Waals surface area (Å²) in [6.45, 7) is 2.54. The average molecular weight is 418 g/mol. The van der Waals surface area contributed by atoms with Crippen molar-refractivity contribution in [3.8, 4) is 0 Å². The molecule has 0 atom stereocenters. The van der Waals surface area contributed by atoms with Gasteiger partial charge in [0.15, 0.2) is 4.80 Å². The summed E-state index contributed by atoms with van der Waals surface area (Å²) in [5, 5.41) is 3.40. The number of thiazole rings is 1. The number of anilines is 1. The normalized spacial score (nSPS) is 11.8. The van der Waals surface area contributed by atoms with Crippen LogP contribution < -0.4 is 10.1 Å². The third-order valence-corrected chi connectivity index (χ3v) is 5.30. The van der Waals surface area contributed by atoms with Gasteiger partial charge in [-0.1, -0.05) is 35.1 Å². The molecule has 0 aliphatic rings. The zero-order valence-corrected chi connectivity index (χ0v) is 17.1. The van der Waals surface area contributed by atoms with Crippen LogP contribution in [0.4, 0.5) is 5.69 Å². The number of hydrogen-bond donors (Lipinski definition) is 1. The number of aromatic nitrogens is 1. The SMILES string of the molecule is COCCn1c(=NC(=O)Cc2ccc(Cl)cc2)sc2cc(NC(C)=O)ccc21. The number of hydrogen-bond acceptors (Lipinski definition) is 4. The molecule has 3 rings (SSSR count). The molecular formula is C20H20ClN3O3S. The highest BCUT2D eigenvalue weighted by molar-refractivity contribution is 7.16. The standard InChI is InChI=1S/C20H20ClN3O3S/c1-13(25)22-16-7-8-17-18(12-16)28-20(24(17)9-10-27-2)23-19(26)11-14-3-5-15(21)6-4-14/h3-8,12H,9-11H2,1-2H3,(H,22,25). The van der Waals surface area contributed by atoms with Gasteiger partial charge in [-0.3, -0.25) is 9.59 Å². The molecule has 3 aromatic rings. The molecule has 146 valence electrons. The summed E-state index contributed by atoms with van der Waals surface area (Å²) in [5.74, 6) is -0.367. The Labute approximate surface area is 171 Å². The van der Waals surface area contributed by atoms with E-state index in [2.05, 4.69) is 10.3 Å². The average Bonchev–Trinajstić information content (AvgIpc) is 2.97. The van der Waals surface area contributed by atoms with Gasteiger partial charge in [-0.25, -0.2) is 0 Å². The van der Waals surface area contributed by atoms with Crippen LogP contribution in [0.1, 0.15) is 12.5 Å². The lowest BCUT2D eigenvalue weighted by atomic mass is 10.1. The fourth-order valence-electron chi connectivity index (χ4n) is 2.76. The number of methoxy groups -OCH3 is 1. The molecule has 28 heavy (non-hydrogen) atoms. The lowest BCUT2D eigenvalue weighted by Crippen LogP contribution is -2.19. The third kappa shape index (κ3) is 5.07. The van der Waals surface area contributed by atoms with E-state index < -0.39 is 0 Å². The van der Waals surface area contributed by atoms with E-state index in [1.165, 1.54) is 18.3 Å². The Balaban J connectivity index is 1.96. The summed E-state index contributed by atoms with van der Waals surface area (Å²) in [4.78, 5) is 28.7. The van der Waals surface area contributed by atoms with Crippen LogP contribution in [0.5, 0.6) is 0 Å². The summed E-state index contributed by atoms with van der Waals surface area (Å²) in [7, 11) is 1.63. The lowest BCUT2D eigenvalue weighted by Gasteiger charge is -2.05. The molecule has 0 unspecified atom stereocenters. The van der Waals surface area contributed by atoms with Crippen LogP contribution in [-0.2, 0) is 27.3 Å². The number of nitrogens with one attached hydrogen (secondary N) is 1. The summed E-state index contributed by atoms with van der Waals surface area (Å²) < 4.78 is 8.09. The largest absolute Gasteiger partial charge is 0.383 e. The maximum atomic E-state index is 12.5. The van der Waals surface area contributed by atoms with Crippen LogP contribution in [0.3, 0.4) is 0 Å². The van der Waals surface area contributed by atoms with E-state index in [-0.39, 0.29) is 18.2 Å². The summed E-state index contributed by atoms with van der Waals surface area (Å²) in [6, 6.07) is 12.8. The first-order chi connectivity index (χ1) is 13.5. The minimum atomic E-state index is -0.234. The van der Waals surface area contributed by atoms with E-state index in [1.807, 2.05) is 34.9 Å². The highest BCUT2D eigenvalue weighted by Gasteiger charge is 2.10. The van der Waals surface area contributed by atoms with E-state index in [0.717, 1.165) is 15.8 Å². The van der Waals surface area contributed by atoms with Crippen molar-refractivity contribution in [2.75, 3.05) is 19.0 Å². The predicted molar refractivity (Wildman–Crippen MR) is 112 cm³/mol. The molecule has 0 saturated carbocycles. The Morgan fingerprint density at radius 3 is 2.64 bits per heavy atom. The highest BCUT2D eigenvalue weighted by atomic mass is 35.5. The predicted octanol–water partition coefficient (Wildman–Crippen LogP) is 3.63. The molecule has 2 amide bonds. The van der Waals surface area contributed by atoms with Gasteiger partial charge in [-0.15, -0.1) is 0 Å². The van der Waals surface area contributed by atoms with Crippen molar-refractivity contribution in [3.05, 3.63) is 57.9 Å². The van der Waals surface area contributed by atoms with Gasteiger partial charge in [0, 0.05) is 31.3 Å². The maximum absolute atomic E-state index is 12.5. The summed E-state index contributed by atoms with van der Waals surface area (Å²) in [5.41, 5.74) is 2.50. The van der Waals surface area contributed by atoms with Crippen LogP contribution >= 0.6 is 22.9 Å². The van der Waals surface area contributed by atoms with Crippen LogP contribution in [0.15, 0.2) is 47.5 Å². The molecule has 0 aliphatic heterocycles. The second-order valence-corrected chi connectivity index (χ2v) is 7.65. The minimum Gasteiger partial charge on any atom is -0.383 e. The van der Waals surface area contributed by atoms with Crippen LogP contribution in [0.25, 0.3) is 10.2 Å². The van der Waals surface area contributed by atoms with Crippen molar-refractivity contribution < 1.29 is 14.3 Å². The van der Waals surface area contributed by atoms with Crippen molar-refractivity contribution in [2.45, 2.75) is 19.9 Å². The third-order valence-electron chi connectivity index (χ3n) is 4.01. The van der Waals surface area contributed by atoms with Crippen LogP contribution in [0, 0.1) is 0 Å². The molecule has 8 heteroatoms. The monoisotopic (exact) mass is 417 g/mol. The number of amides is 2. The molecule has 0 radical (unpaired) electrons. The molecule has 1 N–H and O–H groups in total. The van der Waals surface area contributed by atoms with Crippen LogP contribution in [-0.4, -0.2) is 30.1 Å². The number of rotatable bonds is 6. The molecule has 6 nitrogen and oxygen atoms in total. The quantitative estimate of drug-likeness (QED) is 0.665. The minimum absolute atomic E-state index is 0.133. The van der Waals surface area contributed by atoms with Gasteiger partial charge in [0.25, 0.3) is 5.91 Å². The molecule has 0 aliphatic carbocycles. The van der Waals surface area contributed by atoms with Crippen molar-refractivity contribution in [2.24, 2.45) is 4.99 Å². The number of carbonyl (C=O) groups is 2. The zero-order chi connectivity index (χ0) is 20.1. The molecule has 0 bridgehead atoms. The van der Waals surface area contributed by atoms with Crippen LogP contribution in [0.2, 0.25) is 5.02 Å². The highest BCUT2D eigenvalue weighted by Crippen LogP contribution is 2.22. The van der Waals surface area contributed by atoms with Gasteiger partial charge >= 0.3 is 0 Å². The van der Waals surface area contributed by atoms with Crippen molar-refractivity contribution >= 4 is 50.7 Å². The topological polar surface area (TPSA) is 72.7 Å². The maximum Gasteiger partial charge on any atom is 0.252 e. The molecule has 1 heterocycles. The molecule has 0 saturated heterocycles. The number of ether oxygens (including phenoxy) is 1. The van der Waals surface area contributed by atoms with Crippen molar-refractivity contribution in [3.63, 3.8) is 0 Å². The smallest absolute Gasteiger partial charge is 0.252 e. The van der Waals surface area contributed by atoms with E-state index in [9.17, 15) is 9.59 Å². The second-order valence-electron chi connectivity index (χ2n) is 6.20. The zero-order valence-electron chi connectivity index (χ0n) is 15.6. The summed E-state index contributed by atoms with van der Waals surface area (Å²) in [6.07, 6.45) is 0.201. The Bertz CT molecular complexity index is 1070. The Kier molecular flexibility index (Phi) is 6.61. The molecule has 0 spiro atoms.